The van der Waals surface area contributed by atoms with Crippen LogP contribution in [0, 0.1) is 19.8 Å². The van der Waals surface area contributed by atoms with E-state index >= 15 is 0 Å². The monoisotopic (exact) mass is 253 g/mol. The number of aryl methyl sites for hydroxylation is 2. The van der Waals surface area contributed by atoms with E-state index < -0.39 is 5.97 Å². The molecule has 1 aromatic heterocycles. The summed E-state index contributed by atoms with van der Waals surface area (Å²) in [4.78, 5) is 22.5. The van der Waals surface area contributed by atoms with E-state index in [-0.39, 0.29) is 18.2 Å². The first kappa shape index (κ1) is 14.2. The molecule has 0 aliphatic carbocycles. The third-order valence-electron chi connectivity index (χ3n) is 2.87. The molecular weight excluding hydrogens is 234 g/mol. The zero-order valence-corrected chi connectivity index (χ0v) is 11.1. The SMILES string of the molecule is Cc1nn(C)c(C)c1C(=O)NCC(C)CC(=O)O. The van der Waals surface area contributed by atoms with Crippen molar-refractivity contribution in [3.8, 4) is 0 Å². The minimum Gasteiger partial charge on any atom is -0.481 e. The number of nitrogens with one attached hydrogen (secondary N) is 1. The third-order valence-corrected chi connectivity index (χ3v) is 2.87. The van der Waals surface area contributed by atoms with E-state index in [1.807, 2.05) is 6.92 Å². The molecule has 6 heteroatoms. The van der Waals surface area contributed by atoms with Gasteiger partial charge in [-0.05, 0) is 19.8 Å². The Kier molecular flexibility index (Phi) is 4.47. The Morgan fingerprint density at radius 1 is 1.44 bits per heavy atom. The Hall–Kier alpha value is -1.85. The van der Waals surface area contributed by atoms with Crippen molar-refractivity contribution >= 4 is 11.9 Å². The second kappa shape index (κ2) is 5.66. The predicted octanol–water partition coefficient (Wildman–Crippen LogP) is 0.878. The van der Waals surface area contributed by atoms with Gasteiger partial charge in [-0.3, -0.25) is 14.3 Å². The van der Waals surface area contributed by atoms with E-state index in [4.69, 9.17) is 5.11 Å². The molecule has 18 heavy (non-hydrogen) atoms. The molecule has 100 valence electrons. The number of hydrogen-bond acceptors (Lipinski definition) is 3. The highest BCUT2D eigenvalue weighted by Gasteiger charge is 2.18. The zero-order chi connectivity index (χ0) is 13.9. The summed E-state index contributed by atoms with van der Waals surface area (Å²) in [5.41, 5.74) is 2.05. The summed E-state index contributed by atoms with van der Waals surface area (Å²) in [5, 5.41) is 15.5. The lowest BCUT2D eigenvalue weighted by Gasteiger charge is -2.10. The maximum atomic E-state index is 12.0. The molecule has 2 N–H and O–H groups in total. The zero-order valence-electron chi connectivity index (χ0n) is 11.1. The van der Waals surface area contributed by atoms with Gasteiger partial charge in [0, 0.05) is 25.7 Å². The summed E-state index contributed by atoms with van der Waals surface area (Å²) in [7, 11) is 1.78. The molecule has 0 bridgehead atoms. The number of amides is 1. The number of carboxylic acids is 1. The van der Waals surface area contributed by atoms with Gasteiger partial charge in [0.15, 0.2) is 0 Å². The maximum Gasteiger partial charge on any atom is 0.303 e. The van der Waals surface area contributed by atoms with Crippen LogP contribution in [-0.4, -0.2) is 33.3 Å². The largest absolute Gasteiger partial charge is 0.481 e. The normalized spacial score (nSPS) is 12.2. The number of rotatable bonds is 5. The fraction of sp³-hybridized carbons (Fsp3) is 0.583. The highest BCUT2D eigenvalue weighted by Crippen LogP contribution is 2.11. The summed E-state index contributed by atoms with van der Waals surface area (Å²) >= 11 is 0. The predicted molar refractivity (Wildman–Crippen MR) is 66.4 cm³/mol. The molecular formula is C12H19N3O3. The van der Waals surface area contributed by atoms with E-state index in [0.717, 1.165) is 5.69 Å². The Bertz CT molecular complexity index is 465. The van der Waals surface area contributed by atoms with Gasteiger partial charge in [0.25, 0.3) is 5.91 Å². The van der Waals surface area contributed by atoms with Gasteiger partial charge in [-0.25, -0.2) is 0 Å². The van der Waals surface area contributed by atoms with Gasteiger partial charge in [0.2, 0.25) is 0 Å². The molecule has 0 saturated heterocycles. The Morgan fingerprint density at radius 2 is 2.06 bits per heavy atom. The third kappa shape index (κ3) is 3.32. The van der Waals surface area contributed by atoms with Crippen molar-refractivity contribution in [1.82, 2.24) is 15.1 Å². The first-order valence-electron chi connectivity index (χ1n) is 5.83. The molecule has 1 rings (SSSR count). The molecule has 0 aromatic carbocycles. The van der Waals surface area contributed by atoms with Crippen LogP contribution in [0.2, 0.25) is 0 Å². The van der Waals surface area contributed by atoms with Gasteiger partial charge in [-0.15, -0.1) is 0 Å². The summed E-state index contributed by atoms with van der Waals surface area (Å²) in [6.45, 7) is 5.74. The van der Waals surface area contributed by atoms with Crippen LogP contribution >= 0.6 is 0 Å². The van der Waals surface area contributed by atoms with Crippen LogP contribution in [0.4, 0.5) is 0 Å². The van der Waals surface area contributed by atoms with Crippen LogP contribution in [0.25, 0.3) is 0 Å². The average molecular weight is 253 g/mol. The molecule has 0 aliphatic rings. The molecule has 1 amide bonds. The van der Waals surface area contributed by atoms with Gasteiger partial charge < -0.3 is 10.4 Å². The van der Waals surface area contributed by atoms with Crippen LogP contribution in [0.15, 0.2) is 0 Å². The fourth-order valence-electron chi connectivity index (χ4n) is 1.83. The van der Waals surface area contributed by atoms with Crippen molar-refractivity contribution in [2.45, 2.75) is 27.2 Å². The van der Waals surface area contributed by atoms with E-state index in [1.165, 1.54) is 0 Å². The van der Waals surface area contributed by atoms with Crippen LogP contribution < -0.4 is 5.32 Å². The maximum absolute atomic E-state index is 12.0. The first-order chi connectivity index (χ1) is 8.32. The molecule has 0 aliphatic heterocycles. The lowest BCUT2D eigenvalue weighted by Crippen LogP contribution is -2.30. The van der Waals surface area contributed by atoms with E-state index in [1.54, 1.807) is 25.6 Å². The number of carbonyl (C=O) groups is 2. The summed E-state index contributed by atoms with van der Waals surface area (Å²) in [6.07, 6.45) is 0.0469. The number of carbonyl (C=O) groups excluding carboxylic acids is 1. The molecule has 1 heterocycles. The van der Waals surface area contributed by atoms with Crippen LogP contribution in [0.3, 0.4) is 0 Å². The van der Waals surface area contributed by atoms with Gasteiger partial charge in [0.05, 0.1) is 11.3 Å². The quantitative estimate of drug-likeness (QED) is 0.815. The highest BCUT2D eigenvalue weighted by molar-refractivity contribution is 5.96. The van der Waals surface area contributed by atoms with Crippen LogP contribution in [0.5, 0.6) is 0 Å². The molecule has 0 fully saturated rings. The summed E-state index contributed by atoms with van der Waals surface area (Å²) in [5.74, 6) is -1.15. The Labute approximate surface area is 106 Å². The number of aromatic nitrogens is 2. The lowest BCUT2D eigenvalue weighted by molar-refractivity contribution is -0.137. The summed E-state index contributed by atoms with van der Waals surface area (Å²) < 4.78 is 1.66. The molecule has 1 aromatic rings. The van der Waals surface area contributed by atoms with Gasteiger partial charge in [0.1, 0.15) is 0 Å². The lowest BCUT2D eigenvalue weighted by atomic mass is 10.1. The minimum atomic E-state index is -0.856. The van der Waals surface area contributed by atoms with Crippen molar-refractivity contribution in [2.24, 2.45) is 13.0 Å². The smallest absolute Gasteiger partial charge is 0.303 e. The minimum absolute atomic E-state index is 0.0469. The van der Waals surface area contributed by atoms with Crippen LogP contribution in [0.1, 0.15) is 35.1 Å². The second-order valence-corrected chi connectivity index (χ2v) is 4.58. The molecule has 0 radical (unpaired) electrons. The second-order valence-electron chi connectivity index (χ2n) is 4.58. The molecule has 1 unspecified atom stereocenters. The number of hydrogen-bond donors (Lipinski definition) is 2. The number of carboxylic acid groups (broad SMARTS) is 1. The van der Waals surface area contributed by atoms with Crippen molar-refractivity contribution < 1.29 is 14.7 Å². The van der Waals surface area contributed by atoms with Gasteiger partial charge in [-0.2, -0.15) is 5.10 Å². The average Bonchev–Trinajstić information content (AvgIpc) is 2.49. The topological polar surface area (TPSA) is 84.2 Å². The molecule has 1 atom stereocenters. The summed E-state index contributed by atoms with van der Waals surface area (Å²) in [6, 6.07) is 0. The molecule has 0 saturated carbocycles. The van der Waals surface area contributed by atoms with Crippen LogP contribution in [-0.2, 0) is 11.8 Å². The standard InChI is InChI=1S/C12H19N3O3/c1-7(5-10(16)17)6-13-12(18)11-8(2)14-15(4)9(11)3/h7H,5-6H2,1-4H3,(H,13,18)(H,16,17). The molecule has 0 spiro atoms. The highest BCUT2D eigenvalue weighted by atomic mass is 16.4. The first-order valence-corrected chi connectivity index (χ1v) is 5.83. The van der Waals surface area contributed by atoms with E-state index in [9.17, 15) is 9.59 Å². The van der Waals surface area contributed by atoms with Crippen molar-refractivity contribution in [1.29, 1.82) is 0 Å². The van der Waals surface area contributed by atoms with Crippen molar-refractivity contribution in [3.05, 3.63) is 17.0 Å². The van der Waals surface area contributed by atoms with Crippen molar-refractivity contribution in [2.75, 3.05) is 6.54 Å². The van der Waals surface area contributed by atoms with Crippen molar-refractivity contribution in [3.63, 3.8) is 0 Å². The fourth-order valence-corrected chi connectivity index (χ4v) is 1.83. The number of aliphatic carboxylic acids is 1. The number of nitrogens with zero attached hydrogens (tertiary/aromatic N) is 2. The van der Waals surface area contributed by atoms with E-state index in [2.05, 4.69) is 10.4 Å². The Balaban J connectivity index is 2.63. The molecule has 6 nitrogen and oxygen atoms in total. The van der Waals surface area contributed by atoms with E-state index in [0.29, 0.717) is 17.8 Å². The Morgan fingerprint density at radius 3 is 2.50 bits per heavy atom. The van der Waals surface area contributed by atoms with Gasteiger partial charge in [-0.1, -0.05) is 6.92 Å². The van der Waals surface area contributed by atoms with Gasteiger partial charge >= 0.3 is 5.97 Å².